The van der Waals surface area contributed by atoms with Crippen LogP contribution in [0.1, 0.15) is 20.1 Å². The molecule has 0 aromatic carbocycles. The van der Waals surface area contributed by atoms with Gasteiger partial charge in [-0.05, 0) is 13.0 Å². The lowest BCUT2D eigenvalue weighted by Crippen LogP contribution is -2.23. The Labute approximate surface area is 119 Å². The fraction of sp³-hybridized carbons (Fsp3) is 0.273. The summed E-state index contributed by atoms with van der Waals surface area (Å²) in [5.74, 6) is -1.13. The van der Waals surface area contributed by atoms with Crippen molar-refractivity contribution >= 4 is 27.3 Å². The molecule has 2 heterocycles. The lowest BCUT2D eigenvalue weighted by atomic mass is 10.4. The third-order valence-corrected chi connectivity index (χ3v) is 5.29. The first-order valence-electron chi connectivity index (χ1n) is 5.60. The van der Waals surface area contributed by atoms with Crippen LogP contribution in [0.25, 0.3) is 0 Å². The fourth-order valence-electron chi connectivity index (χ4n) is 1.66. The van der Waals surface area contributed by atoms with Crippen molar-refractivity contribution in [2.45, 2.75) is 18.4 Å². The van der Waals surface area contributed by atoms with Crippen molar-refractivity contribution in [3.63, 3.8) is 0 Å². The molecule has 2 aromatic rings. The van der Waals surface area contributed by atoms with Gasteiger partial charge in [0.25, 0.3) is 0 Å². The van der Waals surface area contributed by atoms with Crippen molar-refractivity contribution < 1.29 is 18.3 Å². The molecule has 0 radical (unpaired) electrons. The SMILES string of the molecule is Cc1sc(C(=O)O)cc1S(=O)(=O)NCc1cnn(C)c1. The molecule has 0 aliphatic carbocycles. The van der Waals surface area contributed by atoms with E-state index in [-0.39, 0.29) is 16.3 Å². The van der Waals surface area contributed by atoms with Gasteiger partial charge in [-0.15, -0.1) is 11.3 Å². The highest BCUT2D eigenvalue weighted by Crippen LogP contribution is 2.25. The van der Waals surface area contributed by atoms with Crippen LogP contribution in [-0.2, 0) is 23.6 Å². The van der Waals surface area contributed by atoms with Crippen molar-refractivity contribution in [1.29, 1.82) is 0 Å². The van der Waals surface area contributed by atoms with E-state index < -0.39 is 16.0 Å². The normalized spacial score (nSPS) is 11.7. The molecule has 0 aliphatic heterocycles. The molecular weight excluding hydrogens is 302 g/mol. The van der Waals surface area contributed by atoms with E-state index in [4.69, 9.17) is 5.11 Å². The van der Waals surface area contributed by atoms with Crippen molar-refractivity contribution in [3.05, 3.63) is 33.8 Å². The van der Waals surface area contributed by atoms with Gasteiger partial charge in [-0.25, -0.2) is 17.9 Å². The molecule has 0 amide bonds. The second kappa shape index (κ2) is 5.35. The molecular formula is C11H13N3O4S2. The second-order valence-corrected chi connectivity index (χ2v) is 7.17. The third-order valence-electron chi connectivity index (χ3n) is 2.60. The number of sulfonamides is 1. The molecule has 0 bridgehead atoms. The maximum absolute atomic E-state index is 12.1. The van der Waals surface area contributed by atoms with E-state index in [9.17, 15) is 13.2 Å². The Bertz CT molecular complexity index is 746. The number of carbonyl (C=O) groups is 1. The first-order valence-corrected chi connectivity index (χ1v) is 7.90. The maximum Gasteiger partial charge on any atom is 0.345 e. The molecule has 0 saturated carbocycles. The topological polar surface area (TPSA) is 101 Å². The van der Waals surface area contributed by atoms with Crippen LogP contribution in [0.4, 0.5) is 0 Å². The van der Waals surface area contributed by atoms with Gasteiger partial charge in [0, 0.05) is 30.2 Å². The van der Waals surface area contributed by atoms with E-state index in [0.717, 1.165) is 16.9 Å². The highest BCUT2D eigenvalue weighted by molar-refractivity contribution is 7.89. The van der Waals surface area contributed by atoms with E-state index >= 15 is 0 Å². The van der Waals surface area contributed by atoms with Gasteiger partial charge in [-0.3, -0.25) is 4.68 Å². The molecule has 0 fully saturated rings. The molecule has 2 rings (SSSR count). The van der Waals surface area contributed by atoms with Gasteiger partial charge in [-0.1, -0.05) is 0 Å². The average Bonchev–Trinajstić information content (AvgIpc) is 2.93. The highest BCUT2D eigenvalue weighted by Gasteiger charge is 2.22. The Morgan fingerprint density at radius 2 is 2.25 bits per heavy atom. The largest absolute Gasteiger partial charge is 0.477 e. The number of aromatic nitrogens is 2. The van der Waals surface area contributed by atoms with E-state index in [0.29, 0.717) is 4.88 Å². The van der Waals surface area contributed by atoms with E-state index in [1.165, 1.54) is 6.07 Å². The third kappa shape index (κ3) is 3.06. The summed E-state index contributed by atoms with van der Waals surface area (Å²) >= 11 is 0.940. The Morgan fingerprint density at radius 1 is 1.55 bits per heavy atom. The van der Waals surface area contributed by atoms with Crippen LogP contribution in [0.2, 0.25) is 0 Å². The van der Waals surface area contributed by atoms with Gasteiger partial charge in [-0.2, -0.15) is 5.10 Å². The molecule has 0 atom stereocenters. The standard InChI is InChI=1S/C11H13N3O4S2/c1-7-10(3-9(19-7)11(15)16)20(17,18)13-5-8-4-12-14(2)6-8/h3-4,6,13H,5H2,1-2H3,(H,15,16). The number of carboxylic acids is 1. The van der Waals surface area contributed by atoms with E-state index in [2.05, 4.69) is 9.82 Å². The van der Waals surface area contributed by atoms with Crippen LogP contribution in [0.3, 0.4) is 0 Å². The molecule has 0 saturated heterocycles. The minimum absolute atomic E-state index is 0.00351. The fourth-order valence-corrected chi connectivity index (χ4v) is 4.10. The van der Waals surface area contributed by atoms with Crippen molar-refractivity contribution in [2.24, 2.45) is 7.05 Å². The molecule has 0 unspecified atom stereocenters. The quantitative estimate of drug-likeness (QED) is 0.856. The minimum atomic E-state index is -3.73. The van der Waals surface area contributed by atoms with Crippen LogP contribution in [0.5, 0.6) is 0 Å². The minimum Gasteiger partial charge on any atom is -0.477 e. The van der Waals surface area contributed by atoms with Gasteiger partial charge >= 0.3 is 5.97 Å². The molecule has 2 aromatic heterocycles. The summed E-state index contributed by atoms with van der Waals surface area (Å²) in [6, 6.07) is 1.17. The summed E-state index contributed by atoms with van der Waals surface area (Å²) < 4.78 is 28.3. The predicted molar refractivity (Wildman–Crippen MR) is 73.2 cm³/mol. The van der Waals surface area contributed by atoms with E-state index in [1.807, 2.05) is 0 Å². The number of nitrogens with zero attached hydrogens (tertiary/aromatic N) is 2. The number of rotatable bonds is 5. The lowest BCUT2D eigenvalue weighted by Gasteiger charge is -2.04. The summed E-state index contributed by atoms with van der Waals surface area (Å²) in [6.45, 7) is 1.68. The Kier molecular flexibility index (Phi) is 3.93. The van der Waals surface area contributed by atoms with Crippen LogP contribution in [0.15, 0.2) is 23.4 Å². The van der Waals surface area contributed by atoms with Crippen LogP contribution >= 0.6 is 11.3 Å². The monoisotopic (exact) mass is 315 g/mol. The molecule has 0 spiro atoms. The van der Waals surface area contributed by atoms with Crippen molar-refractivity contribution in [3.8, 4) is 0 Å². The zero-order valence-electron chi connectivity index (χ0n) is 10.8. The number of carboxylic acid groups (broad SMARTS) is 1. The summed E-state index contributed by atoms with van der Waals surface area (Å²) in [5, 5.41) is 12.8. The number of thiophene rings is 1. The number of aryl methyl sites for hydroxylation is 2. The molecule has 0 aliphatic rings. The second-order valence-electron chi connectivity index (χ2n) is 4.18. The summed E-state index contributed by atoms with van der Waals surface area (Å²) in [4.78, 5) is 11.3. The van der Waals surface area contributed by atoms with Crippen molar-refractivity contribution in [1.82, 2.24) is 14.5 Å². The number of hydrogen-bond acceptors (Lipinski definition) is 5. The van der Waals surface area contributed by atoms with E-state index in [1.54, 1.807) is 31.0 Å². The predicted octanol–water partition coefficient (Wildman–Crippen LogP) is 0.967. The Morgan fingerprint density at radius 3 is 2.75 bits per heavy atom. The van der Waals surface area contributed by atoms with Gasteiger partial charge in [0.2, 0.25) is 10.0 Å². The summed E-state index contributed by atoms with van der Waals surface area (Å²) in [5.41, 5.74) is 0.724. The lowest BCUT2D eigenvalue weighted by molar-refractivity contribution is 0.0702. The summed E-state index contributed by atoms with van der Waals surface area (Å²) in [7, 11) is -2.00. The molecule has 9 heteroatoms. The smallest absolute Gasteiger partial charge is 0.345 e. The first kappa shape index (κ1) is 14.7. The van der Waals surface area contributed by atoms with Crippen LogP contribution in [-0.4, -0.2) is 29.3 Å². The average molecular weight is 315 g/mol. The molecule has 20 heavy (non-hydrogen) atoms. The number of aromatic carboxylic acids is 1. The van der Waals surface area contributed by atoms with Gasteiger partial charge in [0.15, 0.2) is 0 Å². The highest BCUT2D eigenvalue weighted by atomic mass is 32.2. The maximum atomic E-state index is 12.1. The molecule has 108 valence electrons. The Hall–Kier alpha value is -1.71. The first-order chi connectivity index (χ1) is 9.29. The van der Waals surface area contributed by atoms with Gasteiger partial charge in [0.1, 0.15) is 4.88 Å². The molecule has 2 N–H and O–H groups in total. The Balaban J connectivity index is 2.20. The number of hydrogen-bond donors (Lipinski definition) is 2. The number of nitrogens with one attached hydrogen (secondary N) is 1. The van der Waals surface area contributed by atoms with Crippen molar-refractivity contribution in [2.75, 3.05) is 0 Å². The zero-order chi connectivity index (χ0) is 14.9. The van der Waals surface area contributed by atoms with Gasteiger partial charge < -0.3 is 5.11 Å². The van der Waals surface area contributed by atoms with Crippen LogP contribution in [0, 0.1) is 6.92 Å². The zero-order valence-corrected chi connectivity index (χ0v) is 12.5. The van der Waals surface area contributed by atoms with Crippen LogP contribution < -0.4 is 4.72 Å². The summed E-state index contributed by atoms with van der Waals surface area (Å²) in [6.07, 6.45) is 3.26. The van der Waals surface area contributed by atoms with Gasteiger partial charge in [0.05, 0.1) is 11.1 Å². The molecule has 7 nitrogen and oxygen atoms in total.